The van der Waals surface area contributed by atoms with Crippen LogP contribution in [0.25, 0.3) is 0 Å². The van der Waals surface area contributed by atoms with Crippen LogP contribution >= 0.6 is 0 Å². The van der Waals surface area contributed by atoms with Gasteiger partial charge in [-0.05, 0) is 5.92 Å². The molecule has 0 aromatic heterocycles. The summed E-state index contributed by atoms with van der Waals surface area (Å²) in [7, 11) is 0. The van der Waals surface area contributed by atoms with E-state index in [0.29, 0.717) is 0 Å². The zero-order valence-corrected chi connectivity index (χ0v) is 16.4. The number of carbonyl (C=O) groups is 1. The summed E-state index contributed by atoms with van der Waals surface area (Å²) in [6, 6.07) is -0.394. The van der Waals surface area contributed by atoms with Gasteiger partial charge in [-0.3, -0.25) is 4.79 Å². The van der Waals surface area contributed by atoms with Crippen LogP contribution in [0.2, 0.25) is 0 Å². The van der Waals surface area contributed by atoms with Crippen LogP contribution in [0.5, 0.6) is 0 Å². The number of carbonyl (C=O) groups excluding carboxylic acids is 1. The van der Waals surface area contributed by atoms with E-state index in [1.807, 2.05) is 18.7 Å². The van der Waals surface area contributed by atoms with Gasteiger partial charge in [0.25, 0.3) is 0 Å². The maximum absolute atomic E-state index is 12.3. The van der Waals surface area contributed by atoms with E-state index in [4.69, 9.17) is 5.73 Å². The Balaban J connectivity index is 0. The maximum atomic E-state index is 12.3. The van der Waals surface area contributed by atoms with Crippen LogP contribution in [0.15, 0.2) is 0 Å². The molecule has 1 aliphatic heterocycles. The predicted octanol–water partition coefficient (Wildman–Crippen LogP) is -2.25. The SMILES string of the molecule is CC(C)[C@H](N)C(=O)N1CCNCCNCCNCC1.O.[Zn]. The molecule has 1 heterocycles. The Kier molecular flexibility index (Phi) is 14.9. The van der Waals surface area contributed by atoms with Crippen molar-refractivity contribution in [3.63, 3.8) is 0 Å². The third-order valence-electron chi connectivity index (χ3n) is 3.39. The van der Waals surface area contributed by atoms with Crippen LogP contribution in [0.1, 0.15) is 13.8 Å². The minimum Gasteiger partial charge on any atom is -0.412 e. The van der Waals surface area contributed by atoms with Gasteiger partial charge >= 0.3 is 0 Å². The molecule has 0 spiro atoms. The van der Waals surface area contributed by atoms with Crippen LogP contribution in [0.4, 0.5) is 0 Å². The first-order valence-electron chi connectivity index (χ1n) is 7.29. The Morgan fingerprint density at radius 1 is 0.952 bits per heavy atom. The second-order valence-electron chi connectivity index (χ2n) is 5.35. The fourth-order valence-corrected chi connectivity index (χ4v) is 1.98. The van der Waals surface area contributed by atoms with E-state index < -0.39 is 6.04 Å². The van der Waals surface area contributed by atoms with Crippen LogP contribution < -0.4 is 21.7 Å². The van der Waals surface area contributed by atoms with Crippen molar-refractivity contribution in [3.8, 4) is 0 Å². The Morgan fingerprint density at radius 3 is 1.71 bits per heavy atom. The molecule has 0 saturated carbocycles. The number of hydrogen-bond acceptors (Lipinski definition) is 5. The van der Waals surface area contributed by atoms with E-state index in [9.17, 15) is 4.79 Å². The monoisotopic (exact) mass is 353 g/mol. The van der Waals surface area contributed by atoms with Gasteiger partial charge in [-0.2, -0.15) is 0 Å². The summed E-state index contributed by atoms with van der Waals surface area (Å²) in [5.41, 5.74) is 5.96. The molecule has 0 bridgehead atoms. The van der Waals surface area contributed by atoms with Crippen LogP contribution in [0, 0.1) is 5.92 Å². The van der Waals surface area contributed by atoms with Gasteiger partial charge in [-0.15, -0.1) is 0 Å². The Morgan fingerprint density at radius 2 is 1.33 bits per heavy atom. The number of hydrogen-bond donors (Lipinski definition) is 4. The molecule has 21 heavy (non-hydrogen) atoms. The van der Waals surface area contributed by atoms with Gasteiger partial charge in [0, 0.05) is 71.8 Å². The number of nitrogens with zero attached hydrogens (tertiary/aromatic N) is 1. The first-order valence-corrected chi connectivity index (χ1v) is 7.29. The summed E-state index contributed by atoms with van der Waals surface area (Å²) in [6.07, 6.45) is 0. The molecule has 8 heteroatoms. The summed E-state index contributed by atoms with van der Waals surface area (Å²) >= 11 is 0. The number of rotatable bonds is 2. The fraction of sp³-hybridized carbons (Fsp3) is 0.923. The van der Waals surface area contributed by atoms with Gasteiger partial charge in [-0.1, -0.05) is 13.8 Å². The van der Waals surface area contributed by atoms with Gasteiger partial charge in [0.05, 0.1) is 6.04 Å². The molecule has 0 aromatic rings. The molecule has 7 N–H and O–H groups in total. The summed E-state index contributed by atoms with van der Waals surface area (Å²) in [5.74, 6) is 0.243. The molecule has 0 aromatic carbocycles. The topological polar surface area (TPSA) is 114 Å². The second-order valence-corrected chi connectivity index (χ2v) is 5.35. The molecule has 1 aliphatic rings. The Bertz CT molecular complexity index is 257. The normalized spacial score (nSPS) is 19.5. The van der Waals surface area contributed by atoms with Crippen molar-refractivity contribution in [3.05, 3.63) is 0 Å². The standard InChI is InChI=1S/C13H29N5O.H2O.Zn/c1-11(2)12(14)13(19)18-9-7-16-5-3-15-4-6-17-8-10-18;;/h11-12,15-17H,3-10,14H2,1-2H3;1H2;/t12-;;/m0../s1. The predicted molar refractivity (Wildman–Crippen MR) is 81.6 cm³/mol. The molecule has 0 aliphatic carbocycles. The van der Waals surface area contributed by atoms with Gasteiger partial charge < -0.3 is 32.1 Å². The molecule has 0 unspecified atom stereocenters. The molecule has 7 nitrogen and oxygen atoms in total. The third-order valence-corrected chi connectivity index (χ3v) is 3.39. The largest absolute Gasteiger partial charge is 0.412 e. The van der Waals surface area contributed by atoms with E-state index in [1.54, 1.807) is 0 Å². The maximum Gasteiger partial charge on any atom is 0.239 e. The number of nitrogens with one attached hydrogen (secondary N) is 3. The second kappa shape index (κ2) is 13.5. The average molecular weight is 355 g/mol. The van der Waals surface area contributed by atoms with Crippen molar-refractivity contribution in [1.82, 2.24) is 20.9 Å². The minimum atomic E-state index is -0.394. The molecule has 1 atom stereocenters. The Labute approximate surface area is 140 Å². The minimum absolute atomic E-state index is 0. The summed E-state index contributed by atoms with van der Waals surface area (Å²) in [4.78, 5) is 14.2. The molecule has 0 radical (unpaired) electrons. The quantitative estimate of drug-likeness (QED) is 0.418. The molecule has 122 valence electrons. The summed E-state index contributed by atoms with van der Waals surface area (Å²) in [6.45, 7) is 10.8. The van der Waals surface area contributed by atoms with Crippen LogP contribution in [-0.4, -0.2) is 74.7 Å². The van der Waals surface area contributed by atoms with E-state index in [0.717, 1.165) is 52.4 Å². The van der Waals surface area contributed by atoms with Crippen molar-refractivity contribution in [2.24, 2.45) is 11.7 Å². The summed E-state index contributed by atoms with van der Waals surface area (Å²) in [5, 5.41) is 10.0. The van der Waals surface area contributed by atoms with Crippen LogP contribution in [-0.2, 0) is 24.3 Å². The average Bonchev–Trinajstić information content (AvgIpc) is 2.37. The van der Waals surface area contributed by atoms with Gasteiger partial charge in [0.15, 0.2) is 0 Å². The van der Waals surface area contributed by atoms with E-state index in [2.05, 4.69) is 16.0 Å². The molecule has 1 saturated heterocycles. The molecule has 1 amide bonds. The first kappa shape index (κ1) is 23.2. The molecule has 1 rings (SSSR count). The number of amides is 1. The van der Waals surface area contributed by atoms with Crippen molar-refractivity contribution >= 4 is 5.91 Å². The summed E-state index contributed by atoms with van der Waals surface area (Å²) < 4.78 is 0. The molecular weight excluding hydrogens is 324 g/mol. The van der Waals surface area contributed by atoms with Crippen LogP contribution in [0.3, 0.4) is 0 Å². The number of nitrogens with two attached hydrogens (primary N) is 1. The van der Waals surface area contributed by atoms with E-state index in [1.165, 1.54) is 0 Å². The van der Waals surface area contributed by atoms with Crippen molar-refractivity contribution < 1.29 is 29.7 Å². The van der Waals surface area contributed by atoms with E-state index in [-0.39, 0.29) is 36.8 Å². The zero-order chi connectivity index (χ0) is 14.1. The van der Waals surface area contributed by atoms with Crippen molar-refractivity contribution in [2.75, 3.05) is 52.4 Å². The van der Waals surface area contributed by atoms with Crippen molar-refractivity contribution in [2.45, 2.75) is 19.9 Å². The zero-order valence-electron chi connectivity index (χ0n) is 13.5. The van der Waals surface area contributed by atoms with E-state index >= 15 is 0 Å². The Hall–Kier alpha value is -0.107. The smallest absolute Gasteiger partial charge is 0.239 e. The van der Waals surface area contributed by atoms with Gasteiger partial charge in [-0.25, -0.2) is 0 Å². The van der Waals surface area contributed by atoms with Gasteiger partial charge in [0.2, 0.25) is 5.91 Å². The molecular formula is C13H31N5O2Zn. The van der Waals surface area contributed by atoms with Crippen molar-refractivity contribution in [1.29, 1.82) is 0 Å². The third kappa shape index (κ3) is 9.50. The van der Waals surface area contributed by atoms with Gasteiger partial charge in [0.1, 0.15) is 0 Å². The fourth-order valence-electron chi connectivity index (χ4n) is 1.98. The first-order chi connectivity index (χ1) is 9.13. The molecule has 1 fully saturated rings.